The zero-order valence-corrected chi connectivity index (χ0v) is 10.3. The third kappa shape index (κ3) is 2.64. The Bertz CT molecular complexity index is 725. The first-order valence-corrected chi connectivity index (χ1v) is 5.92. The normalized spacial score (nSPS) is 10.7. The van der Waals surface area contributed by atoms with Crippen molar-refractivity contribution in [2.45, 2.75) is 6.42 Å². The third-order valence-electron chi connectivity index (χ3n) is 2.71. The zero-order chi connectivity index (χ0) is 13.9. The minimum atomic E-state index is -0.284. The van der Waals surface area contributed by atoms with E-state index in [4.69, 9.17) is 4.52 Å². The Kier molecular flexibility index (Phi) is 3.12. The molecule has 0 bridgehead atoms. The van der Waals surface area contributed by atoms with Gasteiger partial charge in [-0.05, 0) is 23.8 Å². The number of benzene rings is 1. The van der Waals surface area contributed by atoms with E-state index in [2.05, 4.69) is 15.1 Å². The monoisotopic (exact) mass is 271 g/mol. The van der Waals surface area contributed by atoms with Gasteiger partial charge in [0.1, 0.15) is 11.6 Å². The van der Waals surface area contributed by atoms with E-state index < -0.39 is 0 Å². The molecule has 0 unspecified atom stereocenters. The van der Waals surface area contributed by atoms with Crippen LogP contribution < -0.4 is 0 Å². The second kappa shape index (κ2) is 5.08. The lowest BCUT2D eigenvalue weighted by Gasteiger charge is -1.96. The maximum Gasteiger partial charge on any atom is 0.259 e. The molecule has 0 radical (unpaired) electrons. The fourth-order valence-electron chi connectivity index (χ4n) is 1.77. The van der Waals surface area contributed by atoms with E-state index in [1.54, 1.807) is 12.1 Å². The van der Waals surface area contributed by atoms with Crippen molar-refractivity contribution in [2.24, 2.45) is 0 Å². The Morgan fingerprint density at radius 3 is 2.70 bits per heavy atom. The molecule has 0 spiro atoms. The summed E-state index contributed by atoms with van der Waals surface area (Å²) in [4.78, 5) is 8.06. The summed E-state index contributed by atoms with van der Waals surface area (Å²) in [7, 11) is 0. The van der Waals surface area contributed by atoms with Crippen molar-refractivity contribution < 1.29 is 14.0 Å². The zero-order valence-electron chi connectivity index (χ0n) is 10.3. The number of hydrogen-bond acceptors (Lipinski definition) is 5. The standard InChI is InChI=1S/C14H10FN3O2/c15-11-3-1-9(2-4-11)5-13-17-14(20-18-13)10-6-12(19)8-16-7-10/h1-4,6-8,19H,5H2. The lowest BCUT2D eigenvalue weighted by molar-refractivity contribution is 0.423. The first kappa shape index (κ1) is 12.3. The minimum absolute atomic E-state index is 0.0285. The van der Waals surface area contributed by atoms with E-state index in [1.807, 2.05) is 0 Å². The van der Waals surface area contributed by atoms with E-state index in [9.17, 15) is 9.50 Å². The van der Waals surface area contributed by atoms with Crippen LogP contribution in [0.1, 0.15) is 11.4 Å². The minimum Gasteiger partial charge on any atom is -0.506 e. The molecule has 20 heavy (non-hydrogen) atoms. The lowest BCUT2D eigenvalue weighted by atomic mass is 10.1. The highest BCUT2D eigenvalue weighted by molar-refractivity contribution is 5.53. The van der Waals surface area contributed by atoms with Gasteiger partial charge in [-0.15, -0.1) is 0 Å². The molecule has 6 heteroatoms. The molecule has 5 nitrogen and oxygen atoms in total. The summed E-state index contributed by atoms with van der Waals surface area (Å²) in [6.45, 7) is 0. The maximum atomic E-state index is 12.8. The van der Waals surface area contributed by atoms with E-state index in [0.29, 0.717) is 17.8 Å². The van der Waals surface area contributed by atoms with Gasteiger partial charge >= 0.3 is 0 Å². The molecule has 0 atom stereocenters. The van der Waals surface area contributed by atoms with Crippen molar-refractivity contribution in [2.75, 3.05) is 0 Å². The molecule has 0 aliphatic rings. The van der Waals surface area contributed by atoms with Crippen molar-refractivity contribution in [1.29, 1.82) is 0 Å². The van der Waals surface area contributed by atoms with Gasteiger partial charge in [0.05, 0.1) is 11.8 Å². The fourth-order valence-corrected chi connectivity index (χ4v) is 1.77. The van der Waals surface area contributed by atoms with Crippen LogP contribution in [0.15, 0.2) is 47.2 Å². The molecule has 100 valence electrons. The van der Waals surface area contributed by atoms with Gasteiger partial charge in [0, 0.05) is 12.6 Å². The van der Waals surface area contributed by atoms with E-state index >= 15 is 0 Å². The molecule has 0 saturated heterocycles. The van der Waals surface area contributed by atoms with Gasteiger partial charge in [0.2, 0.25) is 0 Å². The highest BCUT2D eigenvalue weighted by Gasteiger charge is 2.10. The molecule has 0 saturated carbocycles. The van der Waals surface area contributed by atoms with Gasteiger partial charge in [-0.2, -0.15) is 4.98 Å². The number of hydrogen-bond donors (Lipinski definition) is 1. The molecular weight excluding hydrogens is 261 g/mol. The summed E-state index contributed by atoms with van der Waals surface area (Å²) in [5, 5.41) is 13.2. The maximum absolute atomic E-state index is 12.8. The van der Waals surface area contributed by atoms with Gasteiger partial charge < -0.3 is 9.63 Å². The Labute approximate surface area is 113 Å². The summed E-state index contributed by atoms with van der Waals surface area (Å²) >= 11 is 0. The molecule has 2 aromatic heterocycles. The second-order valence-electron chi connectivity index (χ2n) is 4.25. The Hall–Kier alpha value is -2.76. The smallest absolute Gasteiger partial charge is 0.259 e. The van der Waals surface area contributed by atoms with Gasteiger partial charge in [-0.25, -0.2) is 4.39 Å². The predicted octanol–water partition coefficient (Wildman–Crippen LogP) is 2.57. The Balaban J connectivity index is 1.82. The number of aromatic hydroxyl groups is 1. The first-order valence-electron chi connectivity index (χ1n) is 5.92. The molecule has 3 aromatic rings. The quantitative estimate of drug-likeness (QED) is 0.792. The average molecular weight is 271 g/mol. The molecule has 1 N–H and O–H groups in total. The molecule has 0 aliphatic heterocycles. The van der Waals surface area contributed by atoms with Gasteiger partial charge in [0.15, 0.2) is 5.82 Å². The van der Waals surface area contributed by atoms with Crippen LogP contribution in [0, 0.1) is 5.82 Å². The fraction of sp³-hybridized carbons (Fsp3) is 0.0714. The van der Waals surface area contributed by atoms with Crippen molar-refractivity contribution in [3.63, 3.8) is 0 Å². The molecule has 1 aromatic carbocycles. The van der Waals surface area contributed by atoms with Crippen molar-refractivity contribution in [3.8, 4) is 17.2 Å². The Morgan fingerprint density at radius 2 is 1.95 bits per heavy atom. The topological polar surface area (TPSA) is 72.0 Å². The number of nitrogens with zero attached hydrogens (tertiary/aromatic N) is 3. The number of halogens is 1. The SMILES string of the molecule is Oc1cncc(-c2nc(Cc3ccc(F)cc3)no2)c1. The van der Waals surface area contributed by atoms with Crippen molar-refractivity contribution in [3.05, 3.63) is 59.9 Å². The van der Waals surface area contributed by atoms with Crippen LogP contribution in [0.25, 0.3) is 11.5 Å². The predicted molar refractivity (Wildman–Crippen MR) is 68.4 cm³/mol. The summed E-state index contributed by atoms with van der Waals surface area (Å²) in [6.07, 6.45) is 3.28. The average Bonchev–Trinajstić information content (AvgIpc) is 2.90. The molecule has 0 fully saturated rings. The molecule has 3 rings (SSSR count). The molecule has 2 heterocycles. The van der Waals surface area contributed by atoms with Crippen LogP contribution in [-0.2, 0) is 6.42 Å². The number of aromatic nitrogens is 3. The highest BCUT2D eigenvalue weighted by Crippen LogP contribution is 2.20. The van der Waals surface area contributed by atoms with Gasteiger partial charge in [-0.1, -0.05) is 17.3 Å². The van der Waals surface area contributed by atoms with Crippen LogP contribution in [0.4, 0.5) is 4.39 Å². The van der Waals surface area contributed by atoms with Crippen LogP contribution >= 0.6 is 0 Å². The largest absolute Gasteiger partial charge is 0.506 e. The van der Waals surface area contributed by atoms with Crippen molar-refractivity contribution >= 4 is 0 Å². The number of pyridine rings is 1. The Morgan fingerprint density at radius 1 is 1.15 bits per heavy atom. The summed E-state index contributed by atoms with van der Waals surface area (Å²) in [5.74, 6) is 0.509. The molecule has 0 amide bonds. The summed E-state index contributed by atoms with van der Waals surface area (Å²) < 4.78 is 17.9. The summed E-state index contributed by atoms with van der Waals surface area (Å²) in [6, 6.07) is 7.59. The van der Waals surface area contributed by atoms with E-state index in [0.717, 1.165) is 5.56 Å². The van der Waals surface area contributed by atoms with Gasteiger partial charge in [-0.3, -0.25) is 4.98 Å². The van der Waals surface area contributed by atoms with Crippen LogP contribution in [0.5, 0.6) is 5.75 Å². The third-order valence-corrected chi connectivity index (χ3v) is 2.71. The second-order valence-corrected chi connectivity index (χ2v) is 4.25. The number of rotatable bonds is 3. The van der Waals surface area contributed by atoms with Crippen LogP contribution in [-0.4, -0.2) is 20.2 Å². The first-order chi connectivity index (χ1) is 9.70. The van der Waals surface area contributed by atoms with Crippen LogP contribution in [0.3, 0.4) is 0 Å². The molecular formula is C14H10FN3O2. The highest BCUT2D eigenvalue weighted by atomic mass is 19.1. The lowest BCUT2D eigenvalue weighted by Crippen LogP contribution is -1.91. The summed E-state index contributed by atoms with van der Waals surface area (Å²) in [5.41, 5.74) is 1.43. The van der Waals surface area contributed by atoms with Crippen LogP contribution in [0.2, 0.25) is 0 Å². The van der Waals surface area contributed by atoms with E-state index in [1.165, 1.54) is 30.6 Å². The van der Waals surface area contributed by atoms with Crippen molar-refractivity contribution in [1.82, 2.24) is 15.1 Å². The van der Waals surface area contributed by atoms with E-state index in [-0.39, 0.29) is 17.5 Å². The molecule has 0 aliphatic carbocycles. The van der Waals surface area contributed by atoms with Gasteiger partial charge in [0.25, 0.3) is 5.89 Å².